The molecule has 2 aromatic carbocycles. The smallest absolute Gasteiger partial charge is 0.268 e. The van der Waals surface area contributed by atoms with Crippen molar-refractivity contribution in [3.8, 4) is 17.0 Å². The molecule has 0 saturated carbocycles. The highest BCUT2D eigenvalue weighted by molar-refractivity contribution is 7.90. The average Bonchev–Trinajstić information content (AvgIpc) is 3.17. The monoisotopic (exact) mass is 436 g/mol. The van der Waals surface area contributed by atoms with E-state index in [1.165, 1.54) is 3.97 Å². The summed E-state index contributed by atoms with van der Waals surface area (Å²) in [5.41, 5.74) is 3.07. The lowest BCUT2D eigenvalue weighted by atomic mass is 10.1. The van der Waals surface area contributed by atoms with Gasteiger partial charge in [0.05, 0.1) is 23.6 Å². The van der Waals surface area contributed by atoms with Crippen molar-refractivity contribution in [2.45, 2.75) is 30.8 Å². The second-order valence-electron chi connectivity index (χ2n) is 7.48. The first-order chi connectivity index (χ1) is 14.9. The Bertz CT molecular complexity index is 1310. The summed E-state index contributed by atoms with van der Waals surface area (Å²) >= 11 is 0. The number of methoxy groups -OCH3 is 1. The van der Waals surface area contributed by atoms with E-state index >= 15 is 0 Å². The van der Waals surface area contributed by atoms with Crippen LogP contribution in [0.4, 0.5) is 0 Å². The molecular weight excluding hydrogens is 412 g/mol. The minimum Gasteiger partial charge on any atom is -0.481 e. The quantitative estimate of drug-likeness (QED) is 0.468. The summed E-state index contributed by atoms with van der Waals surface area (Å²) in [4.78, 5) is 4.40. The summed E-state index contributed by atoms with van der Waals surface area (Å²) < 4.78 is 33.6. The Balaban J connectivity index is 1.77. The maximum absolute atomic E-state index is 13.6. The standard InChI is InChI=1S/C24H24N2O4S/c1-17(27)10-11-20-16-26(23-9-4-3-8-22(20)23)31(28,29)21-7-5-6-18(14-21)19-12-13-24(30-2)25-15-19/h3-9,12-17,27H,10-11H2,1-2H3. The third kappa shape index (κ3) is 4.19. The fourth-order valence-corrected chi connectivity index (χ4v) is 5.04. The first-order valence-corrected chi connectivity index (χ1v) is 11.5. The summed E-state index contributed by atoms with van der Waals surface area (Å²) in [6.07, 6.45) is 4.04. The van der Waals surface area contributed by atoms with E-state index in [-0.39, 0.29) is 4.90 Å². The molecule has 0 fully saturated rings. The summed E-state index contributed by atoms with van der Waals surface area (Å²) in [5.74, 6) is 0.496. The van der Waals surface area contributed by atoms with Crippen molar-refractivity contribution in [3.63, 3.8) is 0 Å². The Morgan fingerprint density at radius 1 is 1.06 bits per heavy atom. The fraction of sp³-hybridized carbons (Fsp3) is 0.208. The molecule has 1 atom stereocenters. The number of hydrogen-bond donors (Lipinski definition) is 1. The topological polar surface area (TPSA) is 81.4 Å². The van der Waals surface area contributed by atoms with Crippen LogP contribution in [0.15, 0.2) is 78.0 Å². The maximum Gasteiger partial charge on any atom is 0.268 e. The van der Waals surface area contributed by atoms with Crippen molar-refractivity contribution < 1.29 is 18.3 Å². The summed E-state index contributed by atoms with van der Waals surface area (Å²) in [5, 5.41) is 10.5. The molecular formula is C24H24N2O4S. The molecule has 0 aliphatic rings. The summed E-state index contributed by atoms with van der Waals surface area (Å²) in [6.45, 7) is 1.73. The minimum absolute atomic E-state index is 0.198. The second kappa shape index (κ2) is 8.53. The largest absolute Gasteiger partial charge is 0.481 e. The Hall–Kier alpha value is -3.16. The molecule has 4 rings (SSSR count). The Kier molecular flexibility index (Phi) is 5.80. The maximum atomic E-state index is 13.6. The van der Waals surface area contributed by atoms with Gasteiger partial charge in [0.2, 0.25) is 5.88 Å². The van der Waals surface area contributed by atoms with Crippen LogP contribution in [0.2, 0.25) is 0 Å². The first kappa shape index (κ1) is 21.1. The van der Waals surface area contributed by atoms with E-state index in [1.807, 2.05) is 30.3 Å². The second-order valence-corrected chi connectivity index (χ2v) is 9.29. The van der Waals surface area contributed by atoms with Crippen LogP contribution in [0.1, 0.15) is 18.9 Å². The Morgan fingerprint density at radius 3 is 2.58 bits per heavy atom. The number of aryl methyl sites for hydroxylation is 1. The van der Waals surface area contributed by atoms with Crippen molar-refractivity contribution >= 4 is 20.9 Å². The molecule has 160 valence electrons. The minimum atomic E-state index is -3.82. The number of aliphatic hydroxyl groups excluding tert-OH is 1. The van der Waals surface area contributed by atoms with E-state index in [2.05, 4.69) is 4.98 Å². The predicted molar refractivity (Wildman–Crippen MR) is 121 cm³/mol. The van der Waals surface area contributed by atoms with Crippen LogP contribution in [0.3, 0.4) is 0 Å². The normalized spacial score (nSPS) is 12.7. The van der Waals surface area contributed by atoms with E-state index in [0.717, 1.165) is 22.1 Å². The number of rotatable bonds is 7. The van der Waals surface area contributed by atoms with Gasteiger partial charge in [-0.3, -0.25) is 0 Å². The van der Waals surface area contributed by atoms with E-state index in [0.29, 0.717) is 24.2 Å². The van der Waals surface area contributed by atoms with Crippen molar-refractivity contribution in [3.05, 3.63) is 78.6 Å². The van der Waals surface area contributed by atoms with Gasteiger partial charge in [0, 0.05) is 29.4 Å². The van der Waals surface area contributed by atoms with Crippen LogP contribution in [0.25, 0.3) is 22.0 Å². The third-order valence-corrected chi connectivity index (χ3v) is 6.93. The van der Waals surface area contributed by atoms with Crippen LogP contribution < -0.4 is 4.74 Å². The average molecular weight is 437 g/mol. The number of pyridine rings is 1. The van der Waals surface area contributed by atoms with Gasteiger partial charge in [0.1, 0.15) is 0 Å². The fourth-order valence-electron chi connectivity index (χ4n) is 3.60. The Morgan fingerprint density at radius 2 is 1.87 bits per heavy atom. The van der Waals surface area contributed by atoms with Crippen LogP contribution >= 0.6 is 0 Å². The van der Waals surface area contributed by atoms with Crippen LogP contribution in [0, 0.1) is 0 Å². The molecule has 2 heterocycles. The zero-order valence-electron chi connectivity index (χ0n) is 17.4. The molecule has 0 radical (unpaired) electrons. The SMILES string of the molecule is COc1ccc(-c2cccc(S(=O)(=O)n3cc(CCC(C)O)c4ccccc43)c2)cn1. The highest BCUT2D eigenvalue weighted by Gasteiger charge is 2.22. The molecule has 2 aromatic heterocycles. The van der Waals surface area contributed by atoms with Crippen molar-refractivity contribution in [1.29, 1.82) is 0 Å². The lowest BCUT2D eigenvalue weighted by Gasteiger charge is -2.10. The van der Waals surface area contributed by atoms with Crippen LogP contribution in [-0.4, -0.2) is 35.7 Å². The molecule has 0 saturated heterocycles. The number of aliphatic hydroxyl groups is 1. The zero-order chi connectivity index (χ0) is 22.0. The van der Waals surface area contributed by atoms with Gasteiger partial charge in [-0.2, -0.15) is 0 Å². The number of hydrogen-bond acceptors (Lipinski definition) is 5. The van der Waals surface area contributed by atoms with Gasteiger partial charge in [0.15, 0.2) is 0 Å². The van der Waals surface area contributed by atoms with Gasteiger partial charge in [-0.15, -0.1) is 0 Å². The van der Waals surface area contributed by atoms with E-state index in [1.54, 1.807) is 56.8 Å². The van der Waals surface area contributed by atoms with Crippen LogP contribution in [0.5, 0.6) is 5.88 Å². The molecule has 1 N–H and O–H groups in total. The van der Waals surface area contributed by atoms with Gasteiger partial charge in [0.25, 0.3) is 10.0 Å². The van der Waals surface area contributed by atoms with Gasteiger partial charge < -0.3 is 9.84 Å². The third-order valence-electron chi connectivity index (χ3n) is 5.26. The van der Waals surface area contributed by atoms with Gasteiger partial charge in [-0.1, -0.05) is 30.3 Å². The van der Waals surface area contributed by atoms with Gasteiger partial charge in [-0.05, 0) is 55.2 Å². The molecule has 0 aliphatic carbocycles. The molecule has 0 amide bonds. The molecule has 0 bridgehead atoms. The molecule has 1 unspecified atom stereocenters. The van der Waals surface area contributed by atoms with Gasteiger partial charge in [-0.25, -0.2) is 17.4 Å². The molecule has 31 heavy (non-hydrogen) atoms. The molecule has 6 nitrogen and oxygen atoms in total. The number of benzene rings is 2. The molecule has 7 heteroatoms. The highest BCUT2D eigenvalue weighted by atomic mass is 32.2. The lowest BCUT2D eigenvalue weighted by molar-refractivity contribution is 0.185. The highest BCUT2D eigenvalue weighted by Crippen LogP contribution is 2.29. The predicted octanol–water partition coefficient (Wildman–Crippen LogP) is 4.26. The van der Waals surface area contributed by atoms with Gasteiger partial charge >= 0.3 is 0 Å². The Labute approximate surface area is 181 Å². The summed E-state index contributed by atoms with van der Waals surface area (Å²) in [7, 11) is -2.27. The number of ether oxygens (including phenoxy) is 1. The first-order valence-electron chi connectivity index (χ1n) is 10.0. The van der Waals surface area contributed by atoms with E-state index in [4.69, 9.17) is 4.74 Å². The molecule has 0 spiro atoms. The van der Waals surface area contributed by atoms with Crippen molar-refractivity contribution in [2.75, 3.05) is 7.11 Å². The van der Waals surface area contributed by atoms with Crippen LogP contribution in [-0.2, 0) is 16.4 Å². The molecule has 4 aromatic rings. The number of para-hydroxylation sites is 1. The van der Waals surface area contributed by atoms with E-state index < -0.39 is 16.1 Å². The van der Waals surface area contributed by atoms with E-state index in [9.17, 15) is 13.5 Å². The molecule has 0 aliphatic heterocycles. The number of fused-ring (bicyclic) bond motifs is 1. The lowest BCUT2D eigenvalue weighted by Crippen LogP contribution is -2.12. The number of aromatic nitrogens is 2. The van der Waals surface area contributed by atoms with Crippen molar-refractivity contribution in [1.82, 2.24) is 8.96 Å². The summed E-state index contributed by atoms with van der Waals surface area (Å²) in [6, 6.07) is 17.9. The van der Waals surface area contributed by atoms with Crippen molar-refractivity contribution in [2.24, 2.45) is 0 Å². The zero-order valence-corrected chi connectivity index (χ0v) is 18.2. The number of nitrogens with zero attached hydrogens (tertiary/aromatic N) is 2.